The molecule has 2 saturated heterocycles. The second-order valence-electron chi connectivity index (χ2n) is 7.65. The van der Waals surface area contributed by atoms with Crippen molar-refractivity contribution in [3.63, 3.8) is 0 Å². The fourth-order valence-corrected chi connectivity index (χ4v) is 4.70. The molecule has 0 spiro atoms. The van der Waals surface area contributed by atoms with Crippen molar-refractivity contribution in [2.75, 3.05) is 18.0 Å². The number of hydrogen-bond acceptors (Lipinski definition) is 5. The van der Waals surface area contributed by atoms with Crippen LogP contribution < -0.4 is 10.2 Å². The van der Waals surface area contributed by atoms with Gasteiger partial charge in [0.05, 0.1) is 5.69 Å². The van der Waals surface area contributed by atoms with Crippen LogP contribution in [0.15, 0.2) is 60.9 Å². The van der Waals surface area contributed by atoms with E-state index in [9.17, 15) is 0 Å². The molecule has 6 nitrogen and oxygen atoms in total. The number of nitrogens with zero attached hydrogens (tertiary/aromatic N) is 5. The highest BCUT2D eigenvalue weighted by atomic mass is 35.5. The van der Waals surface area contributed by atoms with Crippen LogP contribution in [-0.2, 0) is 0 Å². The maximum Gasteiger partial charge on any atom is 0.167 e. The van der Waals surface area contributed by atoms with Crippen LogP contribution in [0.5, 0.6) is 0 Å². The number of pyridine rings is 2. The average molecular weight is 403 g/mol. The van der Waals surface area contributed by atoms with E-state index in [1.807, 2.05) is 36.4 Å². The van der Waals surface area contributed by atoms with Crippen molar-refractivity contribution >= 4 is 28.6 Å². The summed E-state index contributed by atoms with van der Waals surface area (Å²) in [5, 5.41) is 4.24. The van der Waals surface area contributed by atoms with Gasteiger partial charge in [-0.2, -0.15) is 0 Å². The minimum atomic E-state index is 0.523. The third-order valence-corrected chi connectivity index (χ3v) is 6.08. The Labute approximate surface area is 173 Å². The maximum atomic E-state index is 6.26. The first-order valence-corrected chi connectivity index (χ1v) is 10.2. The van der Waals surface area contributed by atoms with Crippen LogP contribution in [-0.4, -0.2) is 44.7 Å². The second-order valence-corrected chi connectivity index (χ2v) is 8.08. The molecule has 6 rings (SSSR count). The molecule has 1 N–H and O–H groups in total. The summed E-state index contributed by atoms with van der Waals surface area (Å²) in [6.45, 7) is 2.04. The van der Waals surface area contributed by atoms with Gasteiger partial charge in [0.25, 0.3) is 0 Å². The van der Waals surface area contributed by atoms with Crippen LogP contribution in [0.25, 0.3) is 28.2 Å². The Balaban J connectivity index is 1.56. The Bertz CT molecular complexity index is 1200. The Kier molecular flexibility index (Phi) is 3.82. The first-order valence-electron chi connectivity index (χ1n) is 9.82. The van der Waals surface area contributed by atoms with E-state index in [0.717, 1.165) is 47.1 Å². The van der Waals surface area contributed by atoms with Gasteiger partial charge in [-0.1, -0.05) is 23.7 Å². The lowest BCUT2D eigenvalue weighted by Crippen LogP contribution is -2.44. The van der Waals surface area contributed by atoms with Crippen LogP contribution in [0.1, 0.15) is 6.42 Å². The number of benzene rings is 1. The van der Waals surface area contributed by atoms with E-state index in [-0.39, 0.29) is 0 Å². The van der Waals surface area contributed by atoms with Gasteiger partial charge in [0.2, 0.25) is 0 Å². The summed E-state index contributed by atoms with van der Waals surface area (Å²) in [6.07, 6.45) is 4.77. The number of imidazole rings is 1. The van der Waals surface area contributed by atoms with Crippen molar-refractivity contribution < 1.29 is 0 Å². The van der Waals surface area contributed by atoms with Crippen LogP contribution in [0.3, 0.4) is 0 Å². The van der Waals surface area contributed by atoms with Crippen molar-refractivity contribution in [2.45, 2.75) is 18.5 Å². The van der Waals surface area contributed by atoms with Gasteiger partial charge >= 0.3 is 0 Å². The minimum absolute atomic E-state index is 0.523. The smallest absolute Gasteiger partial charge is 0.167 e. The summed E-state index contributed by atoms with van der Waals surface area (Å²) >= 11 is 6.26. The van der Waals surface area contributed by atoms with Crippen molar-refractivity contribution in [2.24, 2.45) is 0 Å². The van der Waals surface area contributed by atoms with E-state index in [1.54, 1.807) is 12.4 Å². The molecule has 0 saturated carbocycles. The van der Waals surface area contributed by atoms with Crippen LogP contribution in [0, 0.1) is 0 Å². The lowest BCUT2D eigenvalue weighted by atomic mass is 10.2. The number of fused-ring (bicyclic) bond motifs is 3. The summed E-state index contributed by atoms with van der Waals surface area (Å²) in [4.78, 5) is 16.6. The van der Waals surface area contributed by atoms with Gasteiger partial charge < -0.3 is 10.2 Å². The fourth-order valence-electron chi connectivity index (χ4n) is 4.51. The third kappa shape index (κ3) is 2.79. The normalized spacial score (nSPS) is 20.7. The molecule has 29 heavy (non-hydrogen) atoms. The molecule has 5 heterocycles. The molecule has 3 aromatic heterocycles. The van der Waals surface area contributed by atoms with Crippen LogP contribution in [0.2, 0.25) is 5.02 Å². The molecule has 2 atom stereocenters. The van der Waals surface area contributed by atoms with Gasteiger partial charge in [0.1, 0.15) is 17.2 Å². The molecule has 2 bridgehead atoms. The molecule has 2 fully saturated rings. The predicted octanol–water partition coefficient (Wildman–Crippen LogP) is 3.69. The highest BCUT2D eigenvalue weighted by Gasteiger charge is 2.38. The first-order chi connectivity index (χ1) is 14.3. The van der Waals surface area contributed by atoms with E-state index in [2.05, 4.69) is 31.9 Å². The summed E-state index contributed by atoms with van der Waals surface area (Å²) in [7, 11) is 0. The quantitative estimate of drug-likeness (QED) is 0.566. The number of aromatic nitrogens is 4. The molecule has 7 heteroatoms. The van der Waals surface area contributed by atoms with Gasteiger partial charge in [-0.15, -0.1) is 0 Å². The Hall–Kier alpha value is -2.96. The molecule has 0 radical (unpaired) electrons. The summed E-state index contributed by atoms with van der Waals surface area (Å²) < 4.78 is 2.10. The van der Waals surface area contributed by atoms with Gasteiger partial charge in [-0.05, 0) is 42.8 Å². The van der Waals surface area contributed by atoms with Gasteiger partial charge in [0.15, 0.2) is 5.65 Å². The molecular weight excluding hydrogens is 384 g/mol. The van der Waals surface area contributed by atoms with E-state index >= 15 is 0 Å². The number of anilines is 1. The Morgan fingerprint density at radius 3 is 2.69 bits per heavy atom. The Morgan fingerprint density at radius 2 is 1.93 bits per heavy atom. The van der Waals surface area contributed by atoms with Crippen molar-refractivity contribution in [1.29, 1.82) is 0 Å². The largest absolute Gasteiger partial charge is 0.351 e. The van der Waals surface area contributed by atoms with E-state index in [4.69, 9.17) is 21.6 Å². The zero-order valence-corrected chi connectivity index (χ0v) is 16.4. The summed E-state index contributed by atoms with van der Waals surface area (Å²) in [5.74, 6) is 1.84. The molecule has 144 valence electrons. The first kappa shape index (κ1) is 16.9. The van der Waals surface area contributed by atoms with Crippen LogP contribution in [0.4, 0.5) is 5.82 Å². The second kappa shape index (κ2) is 6.54. The van der Waals surface area contributed by atoms with Crippen molar-refractivity contribution in [3.05, 3.63) is 65.9 Å². The van der Waals surface area contributed by atoms with E-state index < -0.39 is 0 Å². The average Bonchev–Trinajstić information content (AvgIpc) is 3.48. The van der Waals surface area contributed by atoms with E-state index in [0.29, 0.717) is 17.1 Å². The molecular formula is C22H19ClN6. The number of rotatable bonds is 3. The van der Waals surface area contributed by atoms with Crippen molar-refractivity contribution in [1.82, 2.24) is 24.8 Å². The van der Waals surface area contributed by atoms with E-state index in [1.165, 1.54) is 6.42 Å². The van der Waals surface area contributed by atoms with Gasteiger partial charge in [0, 0.05) is 48.2 Å². The zero-order valence-electron chi connectivity index (χ0n) is 15.7. The lowest BCUT2D eigenvalue weighted by molar-refractivity contribution is 0.577. The Morgan fingerprint density at radius 1 is 1.03 bits per heavy atom. The lowest BCUT2D eigenvalue weighted by Gasteiger charge is -2.28. The van der Waals surface area contributed by atoms with Crippen LogP contribution >= 0.6 is 11.6 Å². The number of nitrogens with one attached hydrogen (secondary N) is 1. The molecule has 2 aliphatic rings. The number of piperazine rings is 1. The van der Waals surface area contributed by atoms with Gasteiger partial charge in [-0.25, -0.2) is 9.97 Å². The zero-order chi connectivity index (χ0) is 19.4. The molecule has 1 aromatic carbocycles. The van der Waals surface area contributed by atoms with Gasteiger partial charge in [-0.3, -0.25) is 9.55 Å². The minimum Gasteiger partial charge on any atom is -0.351 e. The topological polar surface area (TPSA) is 58.9 Å². The standard InChI is InChI=1S/C22H19ClN6/c23-15-3-1-2-14(10-15)21-26-19-4-5-20(28-13-16-11-18(28)12-25-16)27-22(19)29(21)17-6-8-24-9-7-17/h1-10,16,18,25H,11-13H2. The molecule has 0 aliphatic carbocycles. The number of halogens is 1. The highest BCUT2D eigenvalue weighted by molar-refractivity contribution is 6.30. The number of hydrogen-bond donors (Lipinski definition) is 1. The third-order valence-electron chi connectivity index (χ3n) is 5.84. The molecule has 2 aliphatic heterocycles. The highest BCUT2D eigenvalue weighted by Crippen LogP contribution is 2.33. The molecule has 4 aromatic rings. The fraction of sp³-hybridized carbons (Fsp3) is 0.227. The molecule has 0 amide bonds. The monoisotopic (exact) mass is 402 g/mol. The summed E-state index contributed by atoms with van der Waals surface area (Å²) in [6, 6.07) is 17.0. The van der Waals surface area contributed by atoms with Crippen molar-refractivity contribution in [3.8, 4) is 17.1 Å². The summed E-state index contributed by atoms with van der Waals surface area (Å²) in [5.41, 5.74) is 3.65. The maximum absolute atomic E-state index is 6.26. The molecule has 2 unspecified atom stereocenters. The predicted molar refractivity (Wildman–Crippen MR) is 115 cm³/mol. The SMILES string of the molecule is Clc1cccc(-c2nc3ccc(N4CC5CC4CN5)nc3n2-c2ccncc2)c1.